The zero-order valence-corrected chi connectivity index (χ0v) is 11.4. The molecule has 0 spiro atoms. The van der Waals surface area contributed by atoms with Crippen molar-refractivity contribution in [3.8, 4) is 11.6 Å². The lowest BCUT2D eigenvalue weighted by molar-refractivity contribution is 0.364. The monoisotopic (exact) mass is 279 g/mol. The van der Waals surface area contributed by atoms with Crippen molar-refractivity contribution in [2.24, 2.45) is 0 Å². The van der Waals surface area contributed by atoms with Gasteiger partial charge in [0.2, 0.25) is 17.5 Å². The lowest BCUT2D eigenvalue weighted by Gasteiger charge is -2.04. The van der Waals surface area contributed by atoms with Crippen molar-refractivity contribution in [1.29, 1.82) is 0 Å². The molecule has 1 aliphatic rings. The maximum Gasteiger partial charge on any atom is 0.249 e. The fourth-order valence-electron chi connectivity index (χ4n) is 2.42. The Kier molecular flexibility index (Phi) is 2.67. The Morgan fingerprint density at radius 1 is 1.14 bits per heavy atom. The molecule has 104 valence electrons. The minimum atomic E-state index is 0.00842. The normalized spacial score (nSPS) is 16.5. The van der Waals surface area contributed by atoms with E-state index in [0.29, 0.717) is 17.5 Å². The molecule has 3 aromatic rings. The van der Waals surface area contributed by atoms with E-state index in [9.17, 15) is 0 Å². The molecule has 1 atom stereocenters. The van der Waals surface area contributed by atoms with E-state index in [2.05, 4.69) is 37.6 Å². The number of hydrogen-bond acceptors (Lipinski definition) is 6. The summed E-state index contributed by atoms with van der Waals surface area (Å²) in [4.78, 5) is 12.8. The zero-order valence-electron chi connectivity index (χ0n) is 11.4. The van der Waals surface area contributed by atoms with Crippen LogP contribution in [0.2, 0.25) is 0 Å². The van der Waals surface area contributed by atoms with E-state index >= 15 is 0 Å². The number of nitrogens with one attached hydrogen (secondary N) is 1. The molecule has 0 radical (unpaired) electrons. The third-order valence-corrected chi connectivity index (χ3v) is 3.49. The molecule has 0 aliphatic carbocycles. The van der Waals surface area contributed by atoms with Crippen LogP contribution < -0.4 is 5.32 Å². The van der Waals surface area contributed by atoms with Crippen molar-refractivity contribution in [3.63, 3.8) is 0 Å². The molecule has 3 heterocycles. The molecule has 1 aromatic carbocycles. The van der Waals surface area contributed by atoms with E-state index in [0.717, 1.165) is 17.7 Å². The van der Waals surface area contributed by atoms with Gasteiger partial charge in [-0.05, 0) is 24.1 Å². The van der Waals surface area contributed by atoms with Gasteiger partial charge in [-0.15, -0.1) is 0 Å². The number of hydrogen-bond donors (Lipinski definition) is 1. The summed E-state index contributed by atoms with van der Waals surface area (Å²) in [6.45, 7) is 1.94. The molecule has 4 rings (SSSR count). The smallest absolute Gasteiger partial charge is 0.249 e. The second kappa shape index (κ2) is 4.66. The highest BCUT2D eigenvalue weighted by Gasteiger charge is 2.27. The Hall–Kier alpha value is -2.76. The van der Waals surface area contributed by atoms with Gasteiger partial charge in [0.05, 0.1) is 0 Å². The van der Waals surface area contributed by atoms with E-state index in [1.165, 1.54) is 5.56 Å². The minimum Gasteiger partial charge on any atom is -0.373 e. The summed E-state index contributed by atoms with van der Waals surface area (Å²) in [5, 5.41) is 7.36. The first-order chi connectivity index (χ1) is 10.3. The molecule has 21 heavy (non-hydrogen) atoms. The van der Waals surface area contributed by atoms with Crippen LogP contribution in [0.1, 0.15) is 23.1 Å². The number of nitrogens with zero attached hydrogens (tertiary/aromatic N) is 4. The van der Waals surface area contributed by atoms with Crippen LogP contribution in [-0.4, -0.2) is 20.1 Å². The largest absolute Gasteiger partial charge is 0.373 e. The van der Waals surface area contributed by atoms with Gasteiger partial charge in [-0.25, -0.2) is 9.97 Å². The fourth-order valence-corrected chi connectivity index (χ4v) is 2.42. The van der Waals surface area contributed by atoms with Crippen LogP contribution in [0, 0.1) is 6.92 Å². The molecular formula is C15H13N5O. The molecule has 0 saturated heterocycles. The van der Waals surface area contributed by atoms with Crippen molar-refractivity contribution >= 4 is 5.69 Å². The highest BCUT2D eigenvalue weighted by Crippen LogP contribution is 2.33. The van der Waals surface area contributed by atoms with Gasteiger partial charge in [0.15, 0.2) is 0 Å². The molecule has 0 amide bonds. The number of rotatable bonds is 2. The topological polar surface area (TPSA) is 76.7 Å². The van der Waals surface area contributed by atoms with Gasteiger partial charge in [0.1, 0.15) is 6.04 Å². The Labute approximate surface area is 121 Å². The van der Waals surface area contributed by atoms with E-state index in [1.54, 1.807) is 12.4 Å². The first-order valence-corrected chi connectivity index (χ1v) is 6.76. The molecule has 1 N–H and O–H groups in total. The SMILES string of the molecule is Cc1cnc(-c2noc([C@@H]3Cc4ccccc4N3)n2)nc1. The molecule has 0 bridgehead atoms. The van der Waals surface area contributed by atoms with Crippen LogP contribution in [0.5, 0.6) is 0 Å². The van der Waals surface area contributed by atoms with Crippen LogP contribution in [0.4, 0.5) is 5.69 Å². The Morgan fingerprint density at radius 2 is 1.95 bits per heavy atom. The fraction of sp³-hybridized carbons (Fsp3) is 0.200. The van der Waals surface area contributed by atoms with Crippen LogP contribution in [-0.2, 0) is 6.42 Å². The Bertz CT molecular complexity index is 756. The number of fused-ring (bicyclic) bond motifs is 1. The van der Waals surface area contributed by atoms with E-state index in [1.807, 2.05) is 19.1 Å². The molecule has 6 heteroatoms. The predicted molar refractivity (Wildman–Crippen MR) is 76.6 cm³/mol. The first kappa shape index (κ1) is 12.0. The van der Waals surface area contributed by atoms with E-state index in [4.69, 9.17) is 4.52 Å². The van der Waals surface area contributed by atoms with E-state index < -0.39 is 0 Å². The lowest BCUT2D eigenvalue weighted by Crippen LogP contribution is -2.06. The third kappa shape index (κ3) is 2.14. The highest BCUT2D eigenvalue weighted by atomic mass is 16.5. The van der Waals surface area contributed by atoms with Crippen LogP contribution in [0.15, 0.2) is 41.2 Å². The van der Waals surface area contributed by atoms with Gasteiger partial charge in [0.25, 0.3) is 0 Å². The van der Waals surface area contributed by atoms with Gasteiger partial charge >= 0.3 is 0 Å². The maximum atomic E-state index is 5.36. The minimum absolute atomic E-state index is 0.00842. The summed E-state index contributed by atoms with van der Waals surface area (Å²) in [5.41, 5.74) is 3.37. The van der Waals surface area contributed by atoms with Gasteiger partial charge < -0.3 is 9.84 Å². The standard InChI is InChI=1S/C15H13N5O/c1-9-7-16-13(17-8-9)14-19-15(21-20-14)12-6-10-4-2-3-5-11(10)18-12/h2-5,7-8,12,18H,6H2,1H3/t12-/m0/s1. The molecule has 0 fully saturated rings. The summed E-state index contributed by atoms with van der Waals surface area (Å²) in [6, 6.07) is 8.20. The van der Waals surface area contributed by atoms with Crippen molar-refractivity contribution in [1.82, 2.24) is 20.1 Å². The predicted octanol–water partition coefficient (Wildman–Crippen LogP) is 2.54. The van der Waals surface area contributed by atoms with E-state index in [-0.39, 0.29) is 6.04 Å². The summed E-state index contributed by atoms with van der Waals surface area (Å²) in [6.07, 6.45) is 4.32. The number of aromatic nitrogens is 4. The number of aryl methyl sites for hydroxylation is 1. The van der Waals surface area contributed by atoms with Crippen LogP contribution in [0.3, 0.4) is 0 Å². The number of anilines is 1. The highest BCUT2D eigenvalue weighted by molar-refractivity contribution is 5.57. The number of benzene rings is 1. The lowest BCUT2D eigenvalue weighted by atomic mass is 10.1. The van der Waals surface area contributed by atoms with Crippen molar-refractivity contribution in [2.45, 2.75) is 19.4 Å². The third-order valence-electron chi connectivity index (χ3n) is 3.49. The first-order valence-electron chi connectivity index (χ1n) is 6.76. The van der Waals surface area contributed by atoms with Crippen molar-refractivity contribution in [3.05, 3.63) is 53.7 Å². The Balaban J connectivity index is 1.60. The summed E-state index contributed by atoms with van der Waals surface area (Å²) in [7, 11) is 0. The zero-order chi connectivity index (χ0) is 14.2. The molecule has 0 saturated carbocycles. The molecule has 6 nitrogen and oxygen atoms in total. The average molecular weight is 279 g/mol. The van der Waals surface area contributed by atoms with Crippen LogP contribution in [0.25, 0.3) is 11.6 Å². The summed E-state index contributed by atoms with van der Waals surface area (Å²) in [5.74, 6) is 1.46. The number of para-hydroxylation sites is 1. The second-order valence-electron chi connectivity index (χ2n) is 5.10. The van der Waals surface area contributed by atoms with Crippen molar-refractivity contribution in [2.75, 3.05) is 5.32 Å². The van der Waals surface area contributed by atoms with Gasteiger partial charge in [-0.3, -0.25) is 0 Å². The van der Waals surface area contributed by atoms with Gasteiger partial charge in [0, 0.05) is 24.5 Å². The molecular weight excluding hydrogens is 266 g/mol. The molecule has 0 unspecified atom stereocenters. The second-order valence-corrected chi connectivity index (χ2v) is 5.10. The van der Waals surface area contributed by atoms with Crippen molar-refractivity contribution < 1.29 is 4.52 Å². The van der Waals surface area contributed by atoms with Crippen LogP contribution >= 0.6 is 0 Å². The quantitative estimate of drug-likeness (QED) is 0.776. The van der Waals surface area contributed by atoms with Gasteiger partial charge in [-0.2, -0.15) is 4.98 Å². The maximum absolute atomic E-state index is 5.36. The molecule has 1 aliphatic heterocycles. The van der Waals surface area contributed by atoms with Gasteiger partial charge in [-0.1, -0.05) is 23.4 Å². The summed E-state index contributed by atoms with van der Waals surface area (Å²) < 4.78 is 5.36. The Morgan fingerprint density at radius 3 is 2.76 bits per heavy atom. The average Bonchev–Trinajstić information content (AvgIpc) is 3.14. The molecule has 2 aromatic heterocycles. The summed E-state index contributed by atoms with van der Waals surface area (Å²) >= 11 is 0.